The molecule has 2 rings (SSSR count). The molecule has 25 heavy (non-hydrogen) atoms. The number of aryl methyl sites for hydroxylation is 1. The van der Waals surface area contributed by atoms with Crippen molar-refractivity contribution in [2.24, 2.45) is 0 Å². The maximum Gasteiger partial charge on any atom is 0.436 e. The molecule has 4 nitrogen and oxygen atoms in total. The van der Waals surface area contributed by atoms with Crippen LogP contribution >= 0.6 is 35.4 Å². The second kappa shape index (κ2) is 8.25. The second-order valence-corrected chi connectivity index (χ2v) is 6.44. The number of nitrogens with one attached hydrogen (secondary N) is 2. The number of alkyl halides is 3. The van der Waals surface area contributed by atoms with Crippen molar-refractivity contribution in [2.75, 3.05) is 11.9 Å². The zero-order valence-electron chi connectivity index (χ0n) is 13.1. The van der Waals surface area contributed by atoms with Gasteiger partial charge in [0.1, 0.15) is 0 Å². The normalized spacial score (nSPS) is 11.4. The summed E-state index contributed by atoms with van der Waals surface area (Å²) in [5.41, 5.74) is -0.0269. The molecule has 1 aromatic heterocycles. The van der Waals surface area contributed by atoms with Crippen molar-refractivity contribution in [1.29, 1.82) is 0 Å². The van der Waals surface area contributed by atoms with E-state index in [1.54, 1.807) is 18.2 Å². The summed E-state index contributed by atoms with van der Waals surface area (Å²) in [6.45, 7) is 2.25. The van der Waals surface area contributed by atoms with Crippen molar-refractivity contribution in [1.82, 2.24) is 15.1 Å². The number of thiocarbonyl (C=S) groups is 1. The van der Waals surface area contributed by atoms with E-state index in [0.717, 1.165) is 5.69 Å². The smallest absolute Gasteiger partial charge is 0.362 e. The van der Waals surface area contributed by atoms with Crippen LogP contribution in [0.3, 0.4) is 0 Å². The number of nitrogens with zero attached hydrogens (tertiary/aromatic N) is 2. The highest BCUT2D eigenvalue weighted by Crippen LogP contribution is 2.35. The standard InChI is InChI=1S/C15H15Cl2F3N4S/c1-9-12(17)13(15(18,19)20)23-24(9)7-3-6-21-14(25)22-11-5-2-4-10(16)8-11/h2,4-5,8H,3,6-7H2,1H3,(H2,21,22,25). The highest BCUT2D eigenvalue weighted by Gasteiger charge is 2.38. The number of aromatic nitrogens is 2. The lowest BCUT2D eigenvalue weighted by atomic mass is 10.3. The van der Waals surface area contributed by atoms with Gasteiger partial charge in [0.05, 0.1) is 10.7 Å². The summed E-state index contributed by atoms with van der Waals surface area (Å²) < 4.78 is 39.5. The Balaban J connectivity index is 1.82. The van der Waals surface area contributed by atoms with Gasteiger partial charge in [-0.05, 0) is 43.8 Å². The molecule has 0 radical (unpaired) electrons. The molecule has 0 aliphatic heterocycles. The van der Waals surface area contributed by atoms with Crippen LogP contribution in [0.2, 0.25) is 10.0 Å². The molecule has 2 aromatic rings. The molecule has 0 spiro atoms. The second-order valence-electron chi connectivity index (χ2n) is 5.21. The van der Waals surface area contributed by atoms with Crippen LogP contribution in [0.4, 0.5) is 18.9 Å². The molecule has 0 saturated carbocycles. The summed E-state index contributed by atoms with van der Waals surface area (Å²) in [7, 11) is 0. The van der Waals surface area contributed by atoms with Crippen LogP contribution in [0.5, 0.6) is 0 Å². The lowest BCUT2D eigenvalue weighted by Gasteiger charge is -2.11. The fourth-order valence-corrected chi connectivity index (χ4v) is 2.75. The van der Waals surface area contributed by atoms with E-state index >= 15 is 0 Å². The maximum absolute atomic E-state index is 12.8. The zero-order chi connectivity index (χ0) is 18.6. The fraction of sp³-hybridized carbons (Fsp3) is 0.333. The lowest BCUT2D eigenvalue weighted by Crippen LogP contribution is -2.29. The number of hydrogen-bond donors (Lipinski definition) is 2. The molecule has 0 bridgehead atoms. The Morgan fingerprint density at radius 3 is 2.64 bits per heavy atom. The van der Waals surface area contributed by atoms with E-state index in [0.29, 0.717) is 23.1 Å². The number of rotatable bonds is 5. The summed E-state index contributed by atoms with van der Waals surface area (Å²) >= 11 is 16.7. The van der Waals surface area contributed by atoms with Crippen LogP contribution in [-0.2, 0) is 12.7 Å². The van der Waals surface area contributed by atoms with Crippen molar-refractivity contribution in [3.63, 3.8) is 0 Å². The van der Waals surface area contributed by atoms with E-state index in [1.807, 2.05) is 6.07 Å². The Hall–Kier alpha value is -1.51. The molecule has 136 valence electrons. The molecule has 0 unspecified atom stereocenters. The SMILES string of the molecule is Cc1c(Cl)c(C(F)(F)F)nn1CCCNC(=S)Nc1cccc(Cl)c1. The van der Waals surface area contributed by atoms with Gasteiger partial charge < -0.3 is 10.6 Å². The number of hydrogen-bond acceptors (Lipinski definition) is 2. The van der Waals surface area contributed by atoms with Crippen LogP contribution in [0.25, 0.3) is 0 Å². The van der Waals surface area contributed by atoms with Gasteiger partial charge in [-0.3, -0.25) is 4.68 Å². The van der Waals surface area contributed by atoms with Crippen LogP contribution < -0.4 is 10.6 Å². The molecular formula is C15H15Cl2F3N4S. The summed E-state index contributed by atoms with van der Waals surface area (Å²) in [4.78, 5) is 0. The molecule has 1 heterocycles. The Morgan fingerprint density at radius 2 is 2.04 bits per heavy atom. The molecule has 0 fully saturated rings. The van der Waals surface area contributed by atoms with Gasteiger partial charge in [0.25, 0.3) is 0 Å². The summed E-state index contributed by atoms with van der Waals surface area (Å²) in [6, 6.07) is 7.07. The highest BCUT2D eigenvalue weighted by atomic mass is 35.5. The van der Waals surface area contributed by atoms with E-state index in [2.05, 4.69) is 15.7 Å². The van der Waals surface area contributed by atoms with Crippen LogP contribution in [0.15, 0.2) is 24.3 Å². The van der Waals surface area contributed by atoms with Crippen LogP contribution in [-0.4, -0.2) is 21.4 Å². The minimum Gasteiger partial charge on any atom is -0.362 e. The molecule has 0 aliphatic carbocycles. The van der Waals surface area contributed by atoms with Crippen LogP contribution in [0, 0.1) is 6.92 Å². The Morgan fingerprint density at radius 1 is 1.32 bits per heavy atom. The lowest BCUT2D eigenvalue weighted by molar-refractivity contribution is -0.141. The van der Waals surface area contributed by atoms with E-state index in [9.17, 15) is 13.2 Å². The predicted octanol–water partition coefficient (Wildman–Crippen LogP) is 4.89. The monoisotopic (exact) mass is 410 g/mol. The minimum atomic E-state index is -4.56. The minimum absolute atomic E-state index is 0.286. The van der Waals surface area contributed by atoms with Crippen LogP contribution in [0.1, 0.15) is 17.8 Å². The van der Waals surface area contributed by atoms with E-state index in [4.69, 9.17) is 35.4 Å². The average molecular weight is 411 g/mol. The third-order valence-corrected chi connectivity index (χ3v) is 4.25. The van der Waals surface area contributed by atoms with Crippen molar-refractivity contribution in [3.05, 3.63) is 45.7 Å². The molecule has 0 aliphatic rings. The maximum atomic E-state index is 12.8. The molecular weight excluding hydrogens is 396 g/mol. The summed E-state index contributed by atoms with van der Waals surface area (Å²) in [6.07, 6.45) is -4.04. The molecule has 0 saturated heterocycles. The Bertz CT molecular complexity index is 762. The first kappa shape index (κ1) is 19.8. The van der Waals surface area contributed by atoms with Gasteiger partial charge in [-0.2, -0.15) is 18.3 Å². The largest absolute Gasteiger partial charge is 0.436 e. The van der Waals surface area contributed by atoms with Gasteiger partial charge >= 0.3 is 6.18 Å². The van der Waals surface area contributed by atoms with Gasteiger partial charge in [0.15, 0.2) is 10.8 Å². The van der Waals surface area contributed by atoms with Crippen molar-refractivity contribution < 1.29 is 13.2 Å². The molecule has 2 N–H and O–H groups in total. The number of anilines is 1. The van der Waals surface area contributed by atoms with Gasteiger partial charge in [-0.25, -0.2) is 0 Å². The zero-order valence-corrected chi connectivity index (χ0v) is 15.5. The Labute approximate surface area is 158 Å². The van der Waals surface area contributed by atoms with Crippen molar-refractivity contribution in [3.8, 4) is 0 Å². The molecule has 0 atom stereocenters. The average Bonchev–Trinajstić information content (AvgIpc) is 2.80. The van der Waals surface area contributed by atoms with E-state index in [-0.39, 0.29) is 17.3 Å². The molecule has 1 aromatic carbocycles. The van der Waals surface area contributed by atoms with Gasteiger partial charge in [-0.1, -0.05) is 29.3 Å². The molecule has 0 amide bonds. The first-order valence-corrected chi connectivity index (χ1v) is 8.45. The molecule has 10 heteroatoms. The number of halogens is 5. The van der Waals surface area contributed by atoms with Crippen molar-refractivity contribution >= 4 is 46.2 Å². The van der Waals surface area contributed by atoms with Gasteiger partial charge in [-0.15, -0.1) is 0 Å². The Kier molecular flexibility index (Phi) is 6.53. The summed E-state index contributed by atoms with van der Waals surface area (Å²) in [5, 5.41) is 10.1. The highest BCUT2D eigenvalue weighted by molar-refractivity contribution is 7.80. The topological polar surface area (TPSA) is 41.9 Å². The third kappa shape index (κ3) is 5.49. The first-order chi connectivity index (χ1) is 11.7. The third-order valence-electron chi connectivity index (χ3n) is 3.32. The van der Waals surface area contributed by atoms with E-state index < -0.39 is 11.9 Å². The van der Waals surface area contributed by atoms with E-state index in [1.165, 1.54) is 11.6 Å². The summed E-state index contributed by atoms with van der Waals surface area (Å²) in [5.74, 6) is 0. The first-order valence-electron chi connectivity index (χ1n) is 7.29. The fourth-order valence-electron chi connectivity index (χ4n) is 2.10. The van der Waals surface area contributed by atoms with Crippen molar-refractivity contribution in [2.45, 2.75) is 26.1 Å². The quantitative estimate of drug-likeness (QED) is 0.543. The predicted molar refractivity (Wildman–Crippen MR) is 97.3 cm³/mol. The van der Waals surface area contributed by atoms with Gasteiger partial charge in [0, 0.05) is 23.8 Å². The number of benzene rings is 1. The van der Waals surface area contributed by atoms with Gasteiger partial charge in [0.2, 0.25) is 0 Å².